The standard InChI is InChI=1S/C16H19N7OS/c1-11-9-22(14-12(6-17)7-18-16(20-14)25-3)4-5-23(11)15(24)13-8-19-21(2)10-13/h7-8,10-11H,4-5,9H2,1-3H3. The summed E-state index contributed by atoms with van der Waals surface area (Å²) in [5.41, 5.74) is 1.05. The van der Waals surface area contributed by atoms with Crippen LogP contribution < -0.4 is 4.90 Å². The van der Waals surface area contributed by atoms with Crippen LogP contribution in [-0.2, 0) is 7.05 Å². The highest BCUT2D eigenvalue weighted by Crippen LogP contribution is 2.23. The maximum Gasteiger partial charge on any atom is 0.257 e. The van der Waals surface area contributed by atoms with Crippen LogP contribution in [0.3, 0.4) is 0 Å². The summed E-state index contributed by atoms with van der Waals surface area (Å²) in [5, 5.41) is 14.0. The van der Waals surface area contributed by atoms with Gasteiger partial charge in [0.2, 0.25) is 0 Å². The van der Waals surface area contributed by atoms with Gasteiger partial charge in [0.05, 0.1) is 18.0 Å². The molecule has 1 aliphatic heterocycles. The van der Waals surface area contributed by atoms with E-state index in [1.807, 2.05) is 18.1 Å². The van der Waals surface area contributed by atoms with Crippen molar-refractivity contribution >= 4 is 23.5 Å². The van der Waals surface area contributed by atoms with Gasteiger partial charge in [0.15, 0.2) is 11.0 Å². The summed E-state index contributed by atoms with van der Waals surface area (Å²) in [5.74, 6) is 0.621. The highest BCUT2D eigenvalue weighted by atomic mass is 32.2. The Kier molecular flexibility index (Phi) is 4.90. The number of piperazine rings is 1. The molecular weight excluding hydrogens is 338 g/mol. The SMILES string of the molecule is CSc1ncc(C#N)c(N2CCN(C(=O)c3cnn(C)c3)C(C)C2)n1. The number of carbonyl (C=O) groups is 1. The lowest BCUT2D eigenvalue weighted by atomic mass is 10.1. The Morgan fingerprint density at radius 2 is 2.20 bits per heavy atom. The van der Waals surface area contributed by atoms with Gasteiger partial charge in [0, 0.05) is 38.9 Å². The minimum absolute atomic E-state index is 0.000642. The van der Waals surface area contributed by atoms with Crippen LogP contribution in [0.4, 0.5) is 5.82 Å². The molecule has 1 atom stereocenters. The molecule has 25 heavy (non-hydrogen) atoms. The lowest BCUT2D eigenvalue weighted by Crippen LogP contribution is -2.54. The lowest BCUT2D eigenvalue weighted by molar-refractivity contribution is 0.0673. The fourth-order valence-corrected chi connectivity index (χ4v) is 3.26. The van der Waals surface area contributed by atoms with Crippen molar-refractivity contribution in [1.82, 2.24) is 24.6 Å². The van der Waals surface area contributed by atoms with Gasteiger partial charge in [-0.05, 0) is 13.2 Å². The van der Waals surface area contributed by atoms with Gasteiger partial charge in [-0.25, -0.2) is 9.97 Å². The summed E-state index contributed by atoms with van der Waals surface area (Å²) in [6.07, 6.45) is 6.78. The first-order valence-electron chi connectivity index (χ1n) is 7.89. The van der Waals surface area contributed by atoms with Gasteiger partial charge < -0.3 is 9.80 Å². The number of hydrogen-bond acceptors (Lipinski definition) is 7. The molecule has 1 aliphatic rings. The van der Waals surface area contributed by atoms with Crippen molar-refractivity contribution in [2.75, 3.05) is 30.8 Å². The number of hydrogen-bond donors (Lipinski definition) is 0. The summed E-state index contributed by atoms with van der Waals surface area (Å²) in [7, 11) is 1.79. The first-order chi connectivity index (χ1) is 12.0. The van der Waals surface area contributed by atoms with E-state index in [1.165, 1.54) is 11.8 Å². The molecule has 1 amide bonds. The molecule has 1 fully saturated rings. The maximum atomic E-state index is 12.7. The second kappa shape index (κ2) is 7.11. The molecule has 2 aromatic rings. The first kappa shape index (κ1) is 17.2. The zero-order chi connectivity index (χ0) is 18.0. The second-order valence-electron chi connectivity index (χ2n) is 5.90. The Hall–Kier alpha value is -2.60. The number of anilines is 1. The number of nitriles is 1. The fraction of sp³-hybridized carbons (Fsp3) is 0.438. The molecule has 1 unspecified atom stereocenters. The Labute approximate surface area is 150 Å². The van der Waals surface area contributed by atoms with E-state index in [2.05, 4.69) is 26.0 Å². The van der Waals surface area contributed by atoms with Crippen LogP contribution in [0.15, 0.2) is 23.7 Å². The molecule has 0 aliphatic carbocycles. The van der Waals surface area contributed by atoms with E-state index in [0.717, 1.165) is 0 Å². The Morgan fingerprint density at radius 3 is 2.80 bits per heavy atom. The Balaban J connectivity index is 1.78. The number of carbonyl (C=O) groups excluding carboxylic acids is 1. The third-order valence-corrected chi connectivity index (χ3v) is 4.75. The Bertz CT molecular complexity index is 828. The van der Waals surface area contributed by atoms with Crippen molar-refractivity contribution in [3.8, 4) is 6.07 Å². The van der Waals surface area contributed by atoms with Crippen molar-refractivity contribution < 1.29 is 4.79 Å². The van der Waals surface area contributed by atoms with Crippen LogP contribution in [0.5, 0.6) is 0 Å². The predicted molar refractivity (Wildman–Crippen MR) is 94.4 cm³/mol. The normalized spacial score (nSPS) is 17.4. The van der Waals surface area contributed by atoms with E-state index < -0.39 is 0 Å². The largest absolute Gasteiger partial charge is 0.352 e. The number of nitrogens with zero attached hydrogens (tertiary/aromatic N) is 7. The topological polar surface area (TPSA) is 90.9 Å². The van der Waals surface area contributed by atoms with Crippen LogP contribution in [0.25, 0.3) is 0 Å². The number of rotatable bonds is 3. The van der Waals surface area contributed by atoms with Gasteiger partial charge >= 0.3 is 0 Å². The molecule has 0 radical (unpaired) electrons. The molecule has 8 nitrogen and oxygen atoms in total. The molecule has 2 aromatic heterocycles. The van der Waals surface area contributed by atoms with Gasteiger partial charge in [0.1, 0.15) is 11.6 Å². The molecular formula is C16H19N7OS. The quantitative estimate of drug-likeness (QED) is 0.601. The number of thioether (sulfide) groups is 1. The van der Waals surface area contributed by atoms with E-state index >= 15 is 0 Å². The van der Waals surface area contributed by atoms with Crippen LogP contribution in [0.2, 0.25) is 0 Å². The van der Waals surface area contributed by atoms with Crippen molar-refractivity contribution in [1.29, 1.82) is 5.26 Å². The van der Waals surface area contributed by atoms with Crippen molar-refractivity contribution in [3.63, 3.8) is 0 Å². The second-order valence-corrected chi connectivity index (χ2v) is 6.68. The van der Waals surface area contributed by atoms with E-state index in [0.29, 0.717) is 41.7 Å². The highest BCUT2D eigenvalue weighted by Gasteiger charge is 2.30. The summed E-state index contributed by atoms with van der Waals surface area (Å²) in [6.45, 7) is 3.81. The van der Waals surface area contributed by atoms with E-state index in [1.54, 1.807) is 30.3 Å². The average molecular weight is 357 g/mol. The number of aromatic nitrogens is 4. The van der Waals surface area contributed by atoms with Crippen molar-refractivity contribution in [3.05, 3.63) is 29.7 Å². The number of aryl methyl sites for hydroxylation is 1. The van der Waals surface area contributed by atoms with Crippen molar-refractivity contribution in [2.45, 2.75) is 18.1 Å². The number of amides is 1. The molecule has 1 saturated heterocycles. The molecule has 3 rings (SSSR count). The average Bonchev–Trinajstić information content (AvgIpc) is 3.07. The van der Waals surface area contributed by atoms with Crippen LogP contribution in [0.1, 0.15) is 22.8 Å². The van der Waals surface area contributed by atoms with Gasteiger partial charge in [-0.15, -0.1) is 0 Å². The van der Waals surface area contributed by atoms with Gasteiger partial charge in [-0.3, -0.25) is 9.48 Å². The molecule has 0 aromatic carbocycles. The smallest absolute Gasteiger partial charge is 0.257 e. The molecule has 130 valence electrons. The van der Waals surface area contributed by atoms with E-state index in [4.69, 9.17) is 0 Å². The maximum absolute atomic E-state index is 12.7. The summed E-state index contributed by atoms with van der Waals surface area (Å²) in [6, 6.07) is 2.15. The fourth-order valence-electron chi connectivity index (χ4n) is 2.92. The Morgan fingerprint density at radius 1 is 1.40 bits per heavy atom. The van der Waals surface area contributed by atoms with E-state index in [9.17, 15) is 10.1 Å². The molecule has 0 saturated carbocycles. The van der Waals surface area contributed by atoms with Crippen LogP contribution in [-0.4, -0.2) is 62.5 Å². The molecule has 0 N–H and O–H groups in total. The first-order valence-corrected chi connectivity index (χ1v) is 9.11. The third-order valence-electron chi connectivity index (χ3n) is 4.19. The monoisotopic (exact) mass is 357 g/mol. The zero-order valence-electron chi connectivity index (χ0n) is 14.4. The van der Waals surface area contributed by atoms with Gasteiger partial charge in [-0.2, -0.15) is 10.4 Å². The van der Waals surface area contributed by atoms with Crippen LogP contribution in [0, 0.1) is 11.3 Å². The van der Waals surface area contributed by atoms with Crippen molar-refractivity contribution in [2.24, 2.45) is 7.05 Å². The molecule has 0 spiro atoms. The minimum atomic E-state index is -0.0201. The summed E-state index contributed by atoms with van der Waals surface area (Å²) < 4.78 is 1.62. The lowest BCUT2D eigenvalue weighted by Gasteiger charge is -2.40. The van der Waals surface area contributed by atoms with Gasteiger partial charge in [-0.1, -0.05) is 11.8 Å². The predicted octanol–water partition coefficient (Wildman–Crippen LogP) is 1.15. The molecule has 3 heterocycles. The zero-order valence-corrected chi connectivity index (χ0v) is 15.2. The highest BCUT2D eigenvalue weighted by molar-refractivity contribution is 7.98. The molecule has 9 heteroatoms. The van der Waals surface area contributed by atoms with Crippen LogP contribution >= 0.6 is 11.8 Å². The minimum Gasteiger partial charge on any atom is -0.352 e. The molecule has 0 bridgehead atoms. The van der Waals surface area contributed by atoms with Gasteiger partial charge in [0.25, 0.3) is 5.91 Å². The van der Waals surface area contributed by atoms with E-state index in [-0.39, 0.29) is 11.9 Å². The summed E-state index contributed by atoms with van der Waals surface area (Å²) in [4.78, 5) is 25.2. The third kappa shape index (κ3) is 3.44. The summed E-state index contributed by atoms with van der Waals surface area (Å²) >= 11 is 1.44.